The van der Waals surface area contributed by atoms with Crippen LogP contribution in [-0.4, -0.2) is 44.4 Å². The molecule has 0 amide bonds. The number of benzene rings is 1. The lowest BCUT2D eigenvalue weighted by Crippen LogP contribution is -2.28. The maximum absolute atomic E-state index is 12.5. The van der Waals surface area contributed by atoms with E-state index in [1.807, 2.05) is 0 Å². The van der Waals surface area contributed by atoms with E-state index in [-0.39, 0.29) is 16.3 Å². The first-order chi connectivity index (χ1) is 12.2. The number of nitrogens with zero attached hydrogens (tertiary/aromatic N) is 2. The number of sulfonamides is 2. The van der Waals surface area contributed by atoms with Crippen molar-refractivity contribution < 1.29 is 16.8 Å². The molecule has 1 aliphatic heterocycles. The molecule has 0 aliphatic carbocycles. The van der Waals surface area contributed by atoms with E-state index in [1.54, 1.807) is 26.0 Å². The molecule has 142 valence electrons. The van der Waals surface area contributed by atoms with Gasteiger partial charge in [0, 0.05) is 19.6 Å². The van der Waals surface area contributed by atoms with Crippen LogP contribution in [-0.2, 0) is 26.6 Å². The molecule has 0 saturated carbocycles. The van der Waals surface area contributed by atoms with E-state index in [0.29, 0.717) is 30.0 Å². The first kappa shape index (κ1) is 19.0. The van der Waals surface area contributed by atoms with Crippen LogP contribution in [0.3, 0.4) is 0 Å². The Bertz CT molecular complexity index is 970. The highest BCUT2D eigenvalue weighted by Gasteiger charge is 2.27. The maximum Gasteiger partial charge on any atom is 0.244 e. The summed E-state index contributed by atoms with van der Waals surface area (Å²) in [4.78, 5) is 0.373. The van der Waals surface area contributed by atoms with Crippen LogP contribution in [0.4, 0.5) is 0 Å². The van der Waals surface area contributed by atoms with Gasteiger partial charge in [-0.2, -0.15) is 9.40 Å². The summed E-state index contributed by atoms with van der Waals surface area (Å²) in [7, 11) is -7.16. The van der Waals surface area contributed by atoms with Gasteiger partial charge < -0.3 is 0 Å². The zero-order valence-electron chi connectivity index (χ0n) is 14.7. The van der Waals surface area contributed by atoms with E-state index in [2.05, 4.69) is 14.9 Å². The van der Waals surface area contributed by atoms with Crippen molar-refractivity contribution in [2.45, 2.75) is 43.0 Å². The van der Waals surface area contributed by atoms with Gasteiger partial charge in [-0.25, -0.2) is 21.6 Å². The lowest BCUT2D eigenvalue weighted by Gasteiger charge is -2.15. The lowest BCUT2D eigenvalue weighted by molar-refractivity contribution is 0.477. The van der Waals surface area contributed by atoms with Gasteiger partial charge in [0.15, 0.2) is 0 Å². The van der Waals surface area contributed by atoms with Crippen LogP contribution in [0.2, 0.25) is 0 Å². The van der Waals surface area contributed by atoms with Crippen molar-refractivity contribution in [3.8, 4) is 0 Å². The minimum atomic E-state index is -3.70. The highest BCUT2D eigenvalue weighted by atomic mass is 32.2. The third kappa shape index (κ3) is 3.68. The molecule has 1 aromatic carbocycles. The minimum Gasteiger partial charge on any atom is -0.281 e. The van der Waals surface area contributed by atoms with Crippen LogP contribution in [0.15, 0.2) is 34.1 Å². The Morgan fingerprint density at radius 2 is 1.69 bits per heavy atom. The van der Waals surface area contributed by atoms with Gasteiger partial charge in [-0.3, -0.25) is 5.10 Å². The fourth-order valence-corrected chi connectivity index (χ4v) is 5.95. The summed E-state index contributed by atoms with van der Waals surface area (Å²) < 4.78 is 53.9. The number of nitrogens with one attached hydrogen (secondary N) is 2. The highest BCUT2D eigenvalue weighted by molar-refractivity contribution is 7.89. The predicted molar refractivity (Wildman–Crippen MR) is 96.5 cm³/mol. The average Bonchev–Trinajstić information content (AvgIpc) is 3.24. The Morgan fingerprint density at radius 1 is 1.08 bits per heavy atom. The quantitative estimate of drug-likeness (QED) is 0.761. The fourth-order valence-electron chi connectivity index (χ4n) is 3.04. The summed E-state index contributed by atoms with van der Waals surface area (Å²) in [6, 6.07) is 6.29. The molecule has 2 aromatic rings. The molecule has 0 unspecified atom stereocenters. The fraction of sp³-hybridized carbons (Fsp3) is 0.438. The SMILES string of the molecule is Cc1n[nH]c(C)c1S(=O)(=O)NCc1ccc(S(=O)(=O)N2CCCC2)cc1. The normalized spacial score (nSPS) is 16.2. The van der Waals surface area contributed by atoms with Gasteiger partial charge >= 0.3 is 0 Å². The molecule has 10 heteroatoms. The first-order valence-electron chi connectivity index (χ1n) is 8.32. The zero-order valence-corrected chi connectivity index (χ0v) is 16.3. The van der Waals surface area contributed by atoms with Crippen LogP contribution < -0.4 is 4.72 Å². The van der Waals surface area contributed by atoms with Crippen molar-refractivity contribution in [3.05, 3.63) is 41.2 Å². The molecule has 8 nitrogen and oxygen atoms in total. The van der Waals surface area contributed by atoms with E-state index in [9.17, 15) is 16.8 Å². The monoisotopic (exact) mass is 398 g/mol. The summed E-state index contributed by atoms with van der Waals surface area (Å²) in [5.41, 5.74) is 1.55. The van der Waals surface area contributed by atoms with Gasteiger partial charge in [0.1, 0.15) is 4.90 Å². The first-order valence-corrected chi connectivity index (χ1v) is 11.2. The lowest BCUT2D eigenvalue weighted by atomic mass is 10.2. The summed E-state index contributed by atoms with van der Waals surface area (Å²) in [6.45, 7) is 4.43. The van der Waals surface area contributed by atoms with Crippen molar-refractivity contribution in [2.24, 2.45) is 0 Å². The van der Waals surface area contributed by atoms with Crippen LogP contribution in [0.25, 0.3) is 0 Å². The Labute approximate surface area is 153 Å². The van der Waals surface area contributed by atoms with E-state index in [4.69, 9.17) is 0 Å². The van der Waals surface area contributed by atoms with Crippen molar-refractivity contribution >= 4 is 20.0 Å². The number of aromatic nitrogens is 2. The summed E-state index contributed by atoms with van der Waals surface area (Å²) in [6.07, 6.45) is 1.76. The Kier molecular flexibility index (Phi) is 5.20. The van der Waals surface area contributed by atoms with Crippen LogP contribution in [0, 0.1) is 13.8 Å². The number of hydrogen-bond acceptors (Lipinski definition) is 5. The second kappa shape index (κ2) is 7.10. The molecule has 2 heterocycles. The van der Waals surface area contributed by atoms with Crippen molar-refractivity contribution in [1.29, 1.82) is 0 Å². The largest absolute Gasteiger partial charge is 0.281 e. The van der Waals surface area contributed by atoms with Crippen molar-refractivity contribution in [3.63, 3.8) is 0 Å². The van der Waals surface area contributed by atoms with Crippen molar-refractivity contribution in [1.82, 2.24) is 19.2 Å². The second-order valence-electron chi connectivity index (χ2n) is 6.34. The number of hydrogen-bond donors (Lipinski definition) is 2. The second-order valence-corrected chi connectivity index (χ2v) is 9.98. The zero-order chi connectivity index (χ0) is 18.9. The average molecular weight is 399 g/mol. The van der Waals surface area contributed by atoms with E-state index >= 15 is 0 Å². The predicted octanol–water partition coefficient (Wildman–Crippen LogP) is 1.29. The maximum atomic E-state index is 12.5. The van der Waals surface area contributed by atoms with Gasteiger partial charge in [-0.05, 0) is 44.4 Å². The Morgan fingerprint density at radius 3 is 2.23 bits per heavy atom. The molecule has 2 N–H and O–H groups in total. The third-order valence-electron chi connectivity index (χ3n) is 4.42. The number of H-pyrrole nitrogens is 1. The molecule has 1 fully saturated rings. The van der Waals surface area contributed by atoms with Gasteiger partial charge in [-0.1, -0.05) is 12.1 Å². The molecule has 3 rings (SSSR count). The molecule has 0 spiro atoms. The van der Waals surface area contributed by atoms with Gasteiger partial charge in [0.25, 0.3) is 0 Å². The van der Waals surface area contributed by atoms with E-state index in [1.165, 1.54) is 16.4 Å². The van der Waals surface area contributed by atoms with Gasteiger partial charge in [0.05, 0.1) is 16.3 Å². The Hall–Kier alpha value is -1.75. The van der Waals surface area contributed by atoms with E-state index < -0.39 is 20.0 Å². The molecule has 26 heavy (non-hydrogen) atoms. The molecular weight excluding hydrogens is 376 g/mol. The van der Waals surface area contributed by atoms with Crippen LogP contribution >= 0.6 is 0 Å². The summed E-state index contributed by atoms with van der Waals surface area (Å²) >= 11 is 0. The Balaban J connectivity index is 1.72. The minimum absolute atomic E-state index is 0.0659. The van der Waals surface area contributed by atoms with Crippen molar-refractivity contribution in [2.75, 3.05) is 13.1 Å². The smallest absolute Gasteiger partial charge is 0.244 e. The number of rotatable bonds is 6. The van der Waals surface area contributed by atoms with Gasteiger partial charge in [0.2, 0.25) is 20.0 Å². The molecule has 0 radical (unpaired) electrons. The number of aryl methyl sites for hydroxylation is 2. The van der Waals surface area contributed by atoms with Crippen LogP contribution in [0.1, 0.15) is 29.8 Å². The highest BCUT2D eigenvalue weighted by Crippen LogP contribution is 2.21. The summed E-state index contributed by atoms with van der Waals surface area (Å²) in [5.74, 6) is 0. The molecule has 1 saturated heterocycles. The molecule has 1 aliphatic rings. The molecular formula is C16H22N4O4S2. The standard InChI is InChI=1S/C16H22N4O4S2/c1-12-16(13(2)19-18-12)25(21,22)17-11-14-5-7-15(8-6-14)26(23,24)20-9-3-4-10-20/h5-8,17H,3-4,9-11H2,1-2H3,(H,18,19). The third-order valence-corrected chi connectivity index (χ3v) is 8.00. The summed E-state index contributed by atoms with van der Waals surface area (Å²) in [5, 5.41) is 6.55. The number of aromatic amines is 1. The molecule has 1 aromatic heterocycles. The van der Waals surface area contributed by atoms with E-state index in [0.717, 1.165) is 12.8 Å². The topological polar surface area (TPSA) is 112 Å². The molecule has 0 bridgehead atoms. The van der Waals surface area contributed by atoms with Gasteiger partial charge in [-0.15, -0.1) is 0 Å². The molecule has 0 atom stereocenters. The van der Waals surface area contributed by atoms with Crippen LogP contribution in [0.5, 0.6) is 0 Å².